The van der Waals surface area contributed by atoms with Crippen LogP contribution >= 0.6 is 12.2 Å². The zero-order valence-corrected chi connectivity index (χ0v) is 11.5. The van der Waals surface area contributed by atoms with Crippen molar-refractivity contribution < 1.29 is 14.3 Å². The first-order valence-electron chi connectivity index (χ1n) is 5.65. The van der Waals surface area contributed by atoms with Crippen LogP contribution in [0.25, 0.3) is 0 Å². The number of hydrogen-bond acceptors (Lipinski definition) is 4. The Hall–Kier alpha value is -2.08. The SMILES string of the molecule is COC(=O)c1c[nH]c(=S)n1Cc1ccc(OC)cc1. The molecule has 100 valence electrons. The van der Waals surface area contributed by atoms with Gasteiger partial charge >= 0.3 is 5.97 Å². The minimum absolute atomic E-state index is 0.406. The molecule has 0 saturated carbocycles. The van der Waals surface area contributed by atoms with Crippen LogP contribution in [-0.2, 0) is 11.3 Å². The van der Waals surface area contributed by atoms with Gasteiger partial charge in [-0.05, 0) is 29.9 Å². The number of esters is 1. The van der Waals surface area contributed by atoms with Crippen LogP contribution in [0.5, 0.6) is 5.75 Å². The number of aromatic nitrogens is 2. The molecule has 0 bridgehead atoms. The summed E-state index contributed by atoms with van der Waals surface area (Å²) in [5, 5.41) is 0. The van der Waals surface area contributed by atoms with Gasteiger partial charge in [-0.1, -0.05) is 12.1 Å². The maximum atomic E-state index is 11.6. The predicted octanol–water partition coefficient (Wildman–Crippen LogP) is 2.39. The van der Waals surface area contributed by atoms with E-state index >= 15 is 0 Å². The summed E-state index contributed by atoms with van der Waals surface area (Å²) < 4.78 is 12.0. The Morgan fingerprint density at radius 2 is 2.00 bits per heavy atom. The number of hydrogen-bond donors (Lipinski definition) is 1. The number of carbonyl (C=O) groups is 1. The van der Waals surface area contributed by atoms with E-state index in [4.69, 9.17) is 21.7 Å². The van der Waals surface area contributed by atoms with E-state index in [1.807, 2.05) is 24.3 Å². The molecular weight excluding hydrogens is 264 g/mol. The van der Waals surface area contributed by atoms with Gasteiger partial charge in [0.05, 0.1) is 20.8 Å². The molecule has 6 heteroatoms. The minimum atomic E-state index is -0.416. The summed E-state index contributed by atoms with van der Waals surface area (Å²) >= 11 is 5.16. The third-order valence-electron chi connectivity index (χ3n) is 2.76. The van der Waals surface area contributed by atoms with E-state index in [0.29, 0.717) is 17.0 Å². The Labute approximate surface area is 115 Å². The zero-order valence-electron chi connectivity index (χ0n) is 10.7. The van der Waals surface area contributed by atoms with Crippen molar-refractivity contribution in [1.82, 2.24) is 9.55 Å². The third kappa shape index (κ3) is 2.85. The van der Waals surface area contributed by atoms with Crippen molar-refractivity contribution in [3.05, 3.63) is 46.5 Å². The fraction of sp³-hybridized carbons (Fsp3) is 0.231. The van der Waals surface area contributed by atoms with Gasteiger partial charge in [0.2, 0.25) is 0 Å². The van der Waals surface area contributed by atoms with Crippen LogP contribution in [0.3, 0.4) is 0 Å². The summed E-state index contributed by atoms with van der Waals surface area (Å²) in [5.41, 5.74) is 1.42. The molecule has 0 unspecified atom stereocenters. The van der Waals surface area contributed by atoms with Gasteiger partial charge in [-0.3, -0.25) is 0 Å². The van der Waals surface area contributed by atoms with Crippen molar-refractivity contribution in [2.45, 2.75) is 6.54 Å². The van der Waals surface area contributed by atoms with Gasteiger partial charge in [0.25, 0.3) is 0 Å². The van der Waals surface area contributed by atoms with Crippen LogP contribution in [-0.4, -0.2) is 29.7 Å². The largest absolute Gasteiger partial charge is 0.497 e. The number of nitrogens with one attached hydrogen (secondary N) is 1. The van der Waals surface area contributed by atoms with Crippen molar-refractivity contribution in [3.63, 3.8) is 0 Å². The molecule has 0 radical (unpaired) electrons. The average Bonchev–Trinajstić information content (AvgIpc) is 2.80. The summed E-state index contributed by atoms with van der Waals surface area (Å²) in [5.74, 6) is 0.371. The second-order valence-electron chi connectivity index (χ2n) is 3.90. The molecule has 1 N–H and O–H groups in total. The highest BCUT2D eigenvalue weighted by atomic mass is 32.1. The van der Waals surface area contributed by atoms with Crippen LogP contribution in [0, 0.1) is 4.77 Å². The molecule has 0 aliphatic rings. The highest BCUT2D eigenvalue weighted by Crippen LogP contribution is 2.14. The molecule has 0 aliphatic heterocycles. The first-order valence-corrected chi connectivity index (χ1v) is 6.06. The molecule has 2 rings (SSSR count). The summed E-state index contributed by atoms with van der Waals surface area (Å²) in [6.45, 7) is 0.497. The van der Waals surface area contributed by atoms with E-state index in [9.17, 15) is 4.79 Å². The van der Waals surface area contributed by atoms with Crippen LogP contribution < -0.4 is 4.74 Å². The van der Waals surface area contributed by atoms with Crippen LogP contribution in [0.1, 0.15) is 16.1 Å². The minimum Gasteiger partial charge on any atom is -0.497 e. The lowest BCUT2D eigenvalue weighted by atomic mass is 10.2. The molecule has 0 saturated heterocycles. The standard InChI is InChI=1S/C13H14N2O3S/c1-17-10-5-3-9(4-6-10)8-15-11(12(16)18-2)7-14-13(15)19/h3-7H,8H2,1-2H3,(H,14,19). The van der Waals surface area contributed by atoms with Gasteiger partial charge < -0.3 is 19.0 Å². The first-order chi connectivity index (χ1) is 9.15. The number of ether oxygens (including phenoxy) is 2. The number of H-pyrrole nitrogens is 1. The summed E-state index contributed by atoms with van der Waals surface area (Å²) in [6.07, 6.45) is 1.55. The Kier molecular flexibility index (Phi) is 4.01. The maximum absolute atomic E-state index is 11.6. The maximum Gasteiger partial charge on any atom is 0.356 e. The van der Waals surface area contributed by atoms with Gasteiger partial charge in [-0.15, -0.1) is 0 Å². The molecule has 0 atom stereocenters. The van der Waals surface area contributed by atoms with Crippen LogP contribution in [0.15, 0.2) is 30.5 Å². The third-order valence-corrected chi connectivity index (χ3v) is 3.10. The highest BCUT2D eigenvalue weighted by molar-refractivity contribution is 7.71. The monoisotopic (exact) mass is 278 g/mol. The second kappa shape index (κ2) is 5.71. The van der Waals surface area contributed by atoms with E-state index < -0.39 is 5.97 Å². The van der Waals surface area contributed by atoms with Crippen molar-refractivity contribution in [2.75, 3.05) is 14.2 Å². The molecule has 19 heavy (non-hydrogen) atoms. The Morgan fingerprint density at radius 3 is 2.58 bits per heavy atom. The normalized spacial score (nSPS) is 10.2. The van der Waals surface area contributed by atoms with Gasteiger partial charge in [-0.2, -0.15) is 0 Å². The van der Waals surface area contributed by atoms with Gasteiger partial charge in [0, 0.05) is 6.20 Å². The molecule has 0 fully saturated rings. The molecule has 0 aliphatic carbocycles. The fourth-order valence-electron chi connectivity index (χ4n) is 1.74. The molecule has 1 aromatic carbocycles. The van der Waals surface area contributed by atoms with Gasteiger partial charge in [0.15, 0.2) is 4.77 Å². The highest BCUT2D eigenvalue weighted by Gasteiger charge is 2.13. The van der Waals surface area contributed by atoms with Crippen LogP contribution in [0.4, 0.5) is 0 Å². The van der Waals surface area contributed by atoms with Gasteiger partial charge in [0.1, 0.15) is 11.4 Å². The number of rotatable bonds is 4. The van der Waals surface area contributed by atoms with Crippen molar-refractivity contribution >= 4 is 18.2 Å². The molecule has 5 nitrogen and oxygen atoms in total. The molecule has 1 aromatic heterocycles. The van der Waals surface area contributed by atoms with Crippen molar-refractivity contribution in [3.8, 4) is 5.75 Å². The second-order valence-corrected chi connectivity index (χ2v) is 4.29. The summed E-state index contributed by atoms with van der Waals surface area (Å²) in [6, 6.07) is 7.58. The van der Waals surface area contributed by atoms with Crippen LogP contribution in [0.2, 0.25) is 0 Å². The lowest BCUT2D eigenvalue weighted by molar-refractivity contribution is 0.0589. The molecule has 1 heterocycles. The summed E-state index contributed by atoms with van der Waals surface area (Å²) in [4.78, 5) is 14.5. The lowest BCUT2D eigenvalue weighted by Gasteiger charge is -2.07. The van der Waals surface area contributed by atoms with Crippen molar-refractivity contribution in [1.29, 1.82) is 0 Å². The molecular formula is C13H14N2O3S. The average molecular weight is 278 g/mol. The topological polar surface area (TPSA) is 56.2 Å². The number of nitrogens with zero attached hydrogens (tertiary/aromatic N) is 1. The summed E-state index contributed by atoms with van der Waals surface area (Å²) in [7, 11) is 2.96. The molecule has 0 amide bonds. The smallest absolute Gasteiger partial charge is 0.356 e. The number of aromatic amines is 1. The molecule has 2 aromatic rings. The van der Waals surface area contributed by atoms with E-state index in [-0.39, 0.29) is 0 Å². The number of carbonyl (C=O) groups excluding carboxylic acids is 1. The Balaban J connectivity index is 2.29. The Bertz CT molecular complexity index is 628. The fourth-order valence-corrected chi connectivity index (χ4v) is 1.96. The Morgan fingerprint density at radius 1 is 1.32 bits per heavy atom. The first kappa shape index (κ1) is 13.4. The van der Waals surface area contributed by atoms with E-state index in [1.165, 1.54) is 7.11 Å². The number of benzene rings is 1. The number of methoxy groups -OCH3 is 2. The van der Waals surface area contributed by atoms with E-state index in [1.54, 1.807) is 17.9 Å². The molecule has 0 spiro atoms. The van der Waals surface area contributed by atoms with Crippen molar-refractivity contribution in [2.24, 2.45) is 0 Å². The van der Waals surface area contributed by atoms with E-state index in [0.717, 1.165) is 11.3 Å². The van der Waals surface area contributed by atoms with E-state index in [2.05, 4.69) is 4.98 Å². The zero-order chi connectivity index (χ0) is 13.8. The quantitative estimate of drug-likeness (QED) is 0.689. The lowest BCUT2D eigenvalue weighted by Crippen LogP contribution is -2.11. The number of imidazole rings is 1. The predicted molar refractivity (Wildman–Crippen MR) is 73.1 cm³/mol. The van der Waals surface area contributed by atoms with Gasteiger partial charge in [-0.25, -0.2) is 4.79 Å².